The van der Waals surface area contributed by atoms with Gasteiger partial charge < -0.3 is 5.32 Å². The highest BCUT2D eigenvalue weighted by Gasteiger charge is 2.19. The zero-order valence-corrected chi connectivity index (χ0v) is 13.8. The van der Waals surface area contributed by atoms with Crippen LogP contribution in [0.1, 0.15) is 48.9 Å². The van der Waals surface area contributed by atoms with Gasteiger partial charge in [0, 0.05) is 27.3 Å². The van der Waals surface area contributed by atoms with Crippen LogP contribution in [0.25, 0.3) is 0 Å². The molecule has 0 radical (unpaired) electrons. The van der Waals surface area contributed by atoms with Crippen molar-refractivity contribution in [1.82, 2.24) is 5.32 Å². The minimum absolute atomic E-state index is 0.134. The molecule has 1 saturated carbocycles. The Bertz CT molecular complexity index is 623. The minimum Gasteiger partial charge on any atom is -0.349 e. The van der Waals surface area contributed by atoms with Crippen molar-refractivity contribution in [2.75, 3.05) is 0 Å². The third-order valence-electron chi connectivity index (χ3n) is 3.61. The lowest BCUT2D eigenvalue weighted by atomic mass is 10.1. The summed E-state index contributed by atoms with van der Waals surface area (Å²) < 4.78 is 22.7. The molecule has 0 aromatic heterocycles. The van der Waals surface area contributed by atoms with E-state index in [9.17, 15) is 13.2 Å². The summed E-state index contributed by atoms with van der Waals surface area (Å²) in [5, 5.41) is 3.11. The Labute approximate surface area is 134 Å². The van der Waals surface area contributed by atoms with E-state index in [0.29, 0.717) is 0 Å². The van der Waals surface area contributed by atoms with Crippen LogP contribution in [0.3, 0.4) is 0 Å². The first-order valence-corrected chi connectivity index (χ1v) is 9.61. The van der Waals surface area contributed by atoms with E-state index in [1.54, 1.807) is 0 Å². The molecule has 1 aliphatic carbocycles. The van der Waals surface area contributed by atoms with Crippen molar-refractivity contribution in [2.24, 2.45) is 0 Å². The average molecular weight is 350 g/mol. The maximum absolute atomic E-state index is 12.2. The van der Waals surface area contributed by atoms with Gasteiger partial charge in [0.2, 0.25) is 0 Å². The van der Waals surface area contributed by atoms with Gasteiger partial charge in [-0.1, -0.05) is 37.3 Å². The summed E-state index contributed by atoms with van der Waals surface area (Å²) in [6, 6.07) is 4.06. The van der Waals surface area contributed by atoms with E-state index >= 15 is 0 Å². The van der Waals surface area contributed by atoms with Gasteiger partial charge in [0.1, 0.15) is 0 Å². The smallest absolute Gasteiger partial charge is 0.261 e. The van der Waals surface area contributed by atoms with E-state index in [1.165, 1.54) is 31.0 Å². The molecule has 0 heterocycles. The Hall–Kier alpha value is -0.780. The first-order valence-electron chi connectivity index (χ1n) is 6.92. The van der Waals surface area contributed by atoms with Gasteiger partial charge in [0.25, 0.3) is 15.0 Å². The van der Waals surface area contributed by atoms with Gasteiger partial charge in [0.05, 0.1) is 4.90 Å². The summed E-state index contributed by atoms with van der Waals surface area (Å²) in [5.41, 5.74) is 0.214. The zero-order chi connectivity index (χ0) is 15.5. The van der Waals surface area contributed by atoms with Crippen LogP contribution in [0.4, 0.5) is 0 Å². The largest absolute Gasteiger partial charge is 0.349 e. The predicted octanol–water partition coefficient (Wildman–Crippen LogP) is 3.72. The summed E-state index contributed by atoms with van der Waals surface area (Å²) in [7, 11) is 1.39. The van der Waals surface area contributed by atoms with E-state index in [0.717, 1.165) is 25.7 Å². The molecule has 1 N–H and O–H groups in total. The highest BCUT2D eigenvalue weighted by molar-refractivity contribution is 8.13. The lowest BCUT2D eigenvalue weighted by Crippen LogP contribution is -2.34. The molecule has 0 saturated heterocycles. The van der Waals surface area contributed by atoms with Crippen LogP contribution in [-0.4, -0.2) is 20.4 Å². The highest BCUT2D eigenvalue weighted by atomic mass is 35.7. The van der Waals surface area contributed by atoms with Crippen LogP contribution in [0.2, 0.25) is 5.02 Å². The number of carbonyl (C=O) groups is 1. The molecule has 0 spiro atoms. The van der Waals surface area contributed by atoms with Gasteiger partial charge in [-0.3, -0.25) is 4.79 Å². The van der Waals surface area contributed by atoms with Crippen molar-refractivity contribution in [3.8, 4) is 0 Å². The molecule has 0 bridgehead atoms. The maximum atomic E-state index is 12.2. The third-order valence-corrected chi connectivity index (χ3v) is 5.16. The summed E-state index contributed by atoms with van der Waals surface area (Å²) in [5.74, 6) is -0.314. The maximum Gasteiger partial charge on any atom is 0.261 e. The second-order valence-corrected chi connectivity index (χ2v) is 8.28. The van der Waals surface area contributed by atoms with Gasteiger partial charge in [-0.05, 0) is 31.0 Å². The van der Waals surface area contributed by atoms with Gasteiger partial charge in [-0.25, -0.2) is 8.42 Å². The molecule has 4 nitrogen and oxygen atoms in total. The minimum atomic E-state index is -3.91. The van der Waals surface area contributed by atoms with E-state index in [2.05, 4.69) is 5.32 Å². The molecular weight excluding hydrogens is 333 g/mol. The van der Waals surface area contributed by atoms with E-state index in [-0.39, 0.29) is 27.4 Å². The van der Waals surface area contributed by atoms with Crippen LogP contribution in [0, 0.1) is 0 Å². The van der Waals surface area contributed by atoms with Gasteiger partial charge >= 0.3 is 0 Å². The van der Waals surface area contributed by atoms with E-state index in [4.69, 9.17) is 22.3 Å². The Morgan fingerprint density at radius 1 is 1.10 bits per heavy atom. The van der Waals surface area contributed by atoms with Crippen LogP contribution in [0.5, 0.6) is 0 Å². The summed E-state index contributed by atoms with van der Waals surface area (Å²) in [6.07, 6.45) is 6.49. The fourth-order valence-corrected chi connectivity index (χ4v) is 3.63. The quantitative estimate of drug-likeness (QED) is 0.668. The van der Waals surface area contributed by atoms with Crippen molar-refractivity contribution in [1.29, 1.82) is 0 Å². The van der Waals surface area contributed by atoms with Gasteiger partial charge in [-0.2, -0.15) is 0 Å². The number of amides is 1. The third kappa shape index (κ3) is 4.87. The number of hydrogen-bond acceptors (Lipinski definition) is 3. The molecule has 1 amide bonds. The monoisotopic (exact) mass is 349 g/mol. The number of hydrogen-bond donors (Lipinski definition) is 1. The Kier molecular flexibility index (Phi) is 5.52. The standard InChI is InChI=1S/C14H17Cl2NO3S/c15-11-7-10(8-13(9-11)21(16,19)20)14(18)17-12-5-3-1-2-4-6-12/h7-9,12H,1-6H2,(H,17,18). The second-order valence-electron chi connectivity index (χ2n) is 5.28. The average Bonchev–Trinajstić information content (AvgIpc) is 2.65. The zero-order valence-electron chi connectivity index (χ0n) is 11.4. The van der Waals surface area contributed by atoms with E-state index in [1.807, 2.05) is 0 Å². The second kappa shape index (κ2) is 6.99. The molecule has 7 heteroatoms. The summed E-state index contributed by atoms with van der Waals surface area (Å²) >= 11 is 5.87. The summed E-state index contributed by atoms with van der Waals surface area (Å²) in [4.78, 5) is 12.1. The van der Waals surface area contributed by atoms with Crippen molar-refractivity contribution in [2.45, 2.75) is 49.5 Å². The Morgan fingerprint density at radius 2 is 1.71 bits per heavy atom. The number of nitrogens with one attached hydrogen (secondary N) is 1. The normalized spacial score (nSPS) is 17.2. The molecule has 0 aliphatic heterocycles. The predicted molar refractivity (Wildman–Crippen MR) is 83.4 cm³/mol. The Balaban J connectivity index is 2.17. The lowest BCUT2D eigenvalue weighted by molar-refractivity contribution is 0.0933. The van der Waals surface area contributed by atoms with Crippen molar-refractivity contribution >= 4 is 37.2 Å². The highest BCUT2D eigenvalue weighted by Crippen LogP contribution is 2.23. The topological polar surface area (TPSA) is 63.2 Å². The van der Waals surface area contributed by atoms with Crippen LogP contribution >= 0.6 is 22.3 Å². The van der Waals surface area contributed by atoms with Gasteiger partial charge in [0.15, 0.2) is 0 Å². The van der Waals surface area contributed by atoms with Crippen LogP contribution in [0.15, 0.2) is 23.1 Å². The first-order chi connectivity index (χ1) is 9.86. The lowest BCUT2D eigenvalue weighted by Gasteiger charge is -2.16. The number of halogens is 2. The SMILES string of the molecule is O=C(NC1CCCCCC1)c1cc(Cl)cc(S(=O)(=O)Cl)c1. The van der Waals surface area contributed by atoms with Crippen LogP contribution < -0.4 is 5.32 Å². The molecule has 0 atom stereocenters. The molecule has 21 heavy (non-hydrogen) atoms. The fourth-order valence-electron chi connectivity index (χ4n) is 2.53. The molecule has 1 aliphatic rings. The van der Waals surface area contributed by atoms with Gasteiger partial charge in [-0.15, -0.1) is 0 Å². The van der Waals surface area contributed by atoms with Crippen molar-refractivity contribution in [3.63, 3.8) is 0 Å². The first kappa shape index (κ1) is 16.6. The summed E-state index contributed by atoms with van der Waals surface area (Å²) in [6.45, 7) is 0. The fraction of sp³-hybridized carbons (Fsp3) is 0.500. The Morgan fingerprint density at radius 3 is 2.29 bits per heavy atom. The number of benzene rings is 1. The number of carbonyl (C=O) groups excluding carboxylic acids is 1. The molecule has 1 fully saturated rings. The molecular formula is C14H17Cl2NO3S. The molecule has 1 aromatic rings. The molecule has 0 unspecified atom stereocenters. The number of rotatable bonds is 3. The van der Waals surface area contributed by atoms with E-state index < -0.39 is 9.05 Å². The molecule has 116 valence electrons. The molecule has 1 aromatic carbocycles. The molecule has 2 rings (SSSR count). The van der Waals surface area contributed by atoms with Crippen molar-refractivity contribution < 1.29 is 13.2 Å². The van der Waals surface area contributed by atoms with Crippen LogP contribution in [-0.2, 0) is 9.05 Å². The van der Waals surface area contributed by atoms with Crippen molar-refractivity contribution in [3.05, 3.63) is 28.8 Å².